The summed E-state index contributed by atoms with van der Waals surface area (Å²) in [4.78, 5) is 0. The van der Waals surface area contributed by atoms with Crippen molar-refractivity contribution < 1.29 is 8.42 Å². The molecule has 0 N–H and O–H groups in total. The number of halogens is 2. The maximum atomic E-state index is 12.9. The van der Waals surface area contributed by atoms with Crippen LogP contribution in [0.25, 0.3) is 0 Å². The Hall–Kier alpha value is -0.560. The number of rotatable bonds is 2. The Morgan fingerprint density at radius 1 is 1.38 bits per heavy atom. The molecule has 1 aliphatic rings. The van der Waals surface area contributed by atoms with Crippen LogP contribution >= 0.6 is 38.9 Å². The van der Waals surface area contributed by atoms with E-state index in [0.717, 1.165) is 41.0 Å². The zero-order valence-electron chi connectivity index (χ0n) is 11.3. The number of para-hydroxylation sites is 1. The first kappa shape index (κ1) is 15.3. The molecule has 0 fully saturated rings. The van der Waals surface area contributed by atoms with Crippen molar-refractivity contribution in [1.82, 2.24) is 0 Å². The monoisotopic (exact) mass is 405 g/mol. The third-order valence-corrected chi connectivity index (χ3v) is 8.27. The van der Waals surface area contributed by atoms with Gasteiger partial charge in [-0.3, -0.25) is 4.31 Å². The summed E-state index contributed by atoms with van der Waals surface area (Å²) in [7, 11) is -3.56. The third-order valence-electron chi connectivity index (χ3n) is 3.54. The van der Waals surface area contributed by atoms with Crippen LogP contribution < -0.4 is 4.31 Å². The zero-order chi connectivity index (χ0) is 15.2. The second-order valence-corrected chi connectivity index (χ2v) is 9.82. The Morgan fingerprint density at radius 3 is 2.81 bits per heavy atom. The Bertz CT molecular complexity index is 782. The van der Waals surface area contributed by atoms with E-state index in [1.54, 1.807) is 0 Å². The summed E-state index contributed by atoms with van der Waals surface area (Å²) in [6.45, 7) is 2.46. The summed E-state index contributed by atoms with van der Waals surface area (Å²) in [6, 6.07) is 7.44. The van der Waals surface area contributed by atoms with Gasteiger partial charge in [0.1, 0.15) is 4.21 Å². The quantitative estimate of drug-likeness (QED) is 0.730. The topological polar surface area (TPSA) is 37.4 Å². The molecule has 0 bridgehead atoms. The van der Waals surface area contributed by atoms with Crippen molar-refractivity contribution in [2.24, 2.45) is 0 Å². The van der Waals surface area contributed by atoms with E-state index in [4.69, 9.17) is 11.6 Å². The lowest BCUT2D eigenvalue weighted by Crippen LogP contribution is -2.35. The maximum absolute atomic E-state index is 12.9. The van der Waals surface area contributed by atoms with Gasteiger partial charge in [0, 0.05) is 6.54 Å². The fraction of sp³-hybridized carbons (Fsp3) is 0.286. The molecule has 0 unspecified atom stereocenters. The molecule has 0 saturated carbocycles. The van der Waals surface area contributed by atoms with Crippen LogP contribution in [0.2, 0.25) is 5.02 Å². The fourth-order valence-corrected chi connectivity index (χ4v) is 6.73. The first-order valence-electron chi connectivity index (χ1n) is 6.47. The lowest BCUT2D eigenvalue weighted by molar-refractivity contribution is 0.588. The van der Waals surface area contributed by atoms with Gasteiger partial charge in [-0.15, -0.1) is 11.3 Å². The minimum atomic E-state index is -3.56. The summed E-state index contributed by atoms with van der Waals surface area (Å²) in [5.74, 6) is 0. The molecule has 3 rings (SSSR count). The SMILES string of the molecule is Cc1cccc2c1N(S(=O)(=O)c1cc(Cl)c(Br)s1)CCC2. The van der Waals surface area contributed by atoms with Crippen LogP contribution in [0, 0.1) is 6.92 Å². The largest absolute Gasteiger partial charge is 0.273 e. The highest BCUT2D eigenvalue weighted by Crippen LogP contribution is 2.40. The van der Waals surface area contributed by atoms with Crippen LogP contribution in [0.5, 0.6) is 0 Å². The average molecular weight is 407 g/mol. The van der Waals surface area contributed by atoms with E-state index in [1.807, 2.05) is 25.1 Å². The van der Waals surface area contributed by atoms with Crippen molar-refractivity contribution in [2.75, 3.05) is 10.8 Å². The Labute approximate surface area is 141 Å². The number of hydrogen-bond acceptors (Lipinski definition) is 3. The molecular formula is C14H13BrClNO2S2. The summed E-state index contributed by atoms with van der Waals surface area (Å²) in [6.07, 6.45) is 1.74. The first-order chi connectivity index (χ1) is 9.91. The number of fused-ring (bicyclic) bond motifs is 1. The molecule has 112 valence electrons. The molecule has 1 aromatic carbocycles. The van der Waals surface area contributed by atoms with E-state index in [-0.39, 0.29) is 4.21 Å². The molecule has 1 aromatic heterocycles. The van der Waals surface area contributed by atoms with Gasteiger partial charge in [-0.05, 0) is 52.9 Å². The van der Waals surface area contributed by atoms with Gasteiger partial charge in [-0.2, -0.15) is 0 Å². The highest BCUT2D eigenvalue weighted by atomic mass is 79.9. The Balaban J connectivity index is 2.14. The van der Waals surface area contributed by atoms with Gasteiger partial charge in [0.05, 0.1) is 14.5 Å². The Morgan fingerprint density at radius 2 is 2.14 bits per heavy atom. The molecule has 3 nitrogen and oxygen atoms in total. The van der Waals surface area contributed by atoms with Gasteiger partial charge in [0.2, 0.25) is 0 Å². The Kier molecular flexibility index (Phi) is 4.07. The third kappa shape index (κ3) is 2.63. The number of hydrogen-bond donors (Lipinski definition) is 0. The standard InChI is InChI=1S/C14H13BrClNO2S2/c1-9-4-2-5-10-6-3-7-17(13(9)10)21(18,19)12-8-11(16)14(15)20-12/h2,4-5,8H,3,6-7H2,1H3. The van der Waals surface area contributed by atoms with Crippen LogP contribution in [0.4, 0.5) is 5.69 Å². The van der Waals surface area contributed by atoms with Crippen LogP contribution in [0.1, 0.15) is 17.5 Å². The molecule has 0 amide bonds. The van der Waals surface area contributed by atoms with Crippen molar-refractivity contribution in [2.45, 2.75) is 24.0 Å². The van der Waals surface area contributed by atoms with Crippen molar-refractivity contribution in [3.8, 4) is 0 Å². The van der Waals surface area contributed by atoms with Gasteiger partial charge in [0.15, 0.2) is 0 Å². The number of anilines is 1. The first-order valence-corrected chi connectivity index (χ1v) is 9.90. The minimum Gasteiger partial charge on any atom is -0.265 e. The number of thiophene rings is 1. The summed E-state index contributed by atoms with van der Waals surface area (Å²) < 4.78 is 28.3. The lowest BCUT2D eigenvalue weighted by atomic mass is 10.0. The van der Waals surface area contributed by atoms with Crippen LogP contribution in [0.15, 0.2) is 32.3 Å². The van der Waals surface area contributed by atoms with Crippen molar-refractivity contribution in [3.05, 3.63) is 44.2 Å². The van der Waals surface area contributed by atoms with Crippen LogP contribution in [-0.2, 0) is 16.4 Å². The van der Waals surface area contributed by atoms with E-state index < -0.39 is 10.0 Å². The minimum absolute atomic E-state index is 0.274. The molecule has 1 aliphatic heterocycles. The van der Waals surface area contributed by atoms with Gasteiger partial charge >= 0.3 is 0 Å². The van der Waals surface area contributed by atoms with Gasteiger partial charge in [-0.25, -0.2) is 8.42 Å². The summed E-state index contributed by atoms with van der Waals surface area (Å²) >= 11 is 10.4. The molecule has 0 atom stereocenters. The smallest absolute Gasteiger partial charge is 0.265 e. The molecule has 21 heavy (non-hydrogen) atoms. The maximum Gasteiger partial charge on any atom is 0.273 e. The molecule has 0 saturated heterocycles. The zero-order valence-corrected chi connectivity index (χ0v) is 15.2. The van der Waals surface area contributed by atoms with Crippen LogP contribution in [0.3, 0.4) is 0 Å². The highest BCUT2D eigenvalue weighted by Gasteiger charge is 2.31. The van der Waals surface area contributed by atoms with Gasteiger partial charge in [0.25, 0.3) is 10.0 Å². The van der Waals surface area contributed by atoms with E-state index in [2.05, 4.69) is 15.9 Å². The fourth-order valence-electron chi connectivity index (χ4n) is 2.61. The number of aryl methyl sites for hydroxylation is 2. The second kappa shape index (κ2) is 5.57. The van der Waals surface area contributed by atoms with Crippen LogP contribution in [-0.4, -0.2) is 15.0 Å². The number of nitrogens with zero attached hydrogens (tertiary/aromatic N) is 1. The number of benzene rings is 1. The predicted octanol–water partition coefficient (Wildman–Crippen LogP) is 4.61. The van der Waals surface area contributed by atoms with E-state index >= 15 is 0 Å². The molecule has 2 heterocycles. The lowest BCUT2D eigenvalue weighted by Gasteiger charge is -2.31. The second-order valence-electron chi connectivity index (χ2n) is 4.95. The van der Waals surface area contributed by atoms with E-state index in [0.29, 0.717) is 15.4 Å². The predicted molar refractivity (Wildman–Crippen MR) is 91.1 cm³/mol. The van der Waals surface area contributed by atoms with Crippen molar-refractivity contribution in [3.63, 3.8) is 0 Å². The van der Waals surface area contributed by atoms with E-state index in [1.165, 1.54) is 10.4 Å². The van der Waals surface area contributed by atoms with E-state index in [9.17, 15) is 8.42 Å². The van der Waals surface area contributed by atoms with Crippen molar-refractivity contribution >= 4 is 54.6 Å². The molecule has 0 aliphatic carbocycles. The normalized spacial score (nSPS) is 15.1. The molecular weight excluding hydrogens is 394 g/mol. The van der Waals surface area contributed by atoms with Gasteiger partial charge in [-0.1, -0.05) is 29.8 Å². The molecule has 0 radical (unpaired) electrons. The van der Waals surface area contributed by atoms with Crippen molar-refractivity contribution in [1.29, 1.82) is 0 Å². The number of sulfonamides is 1. The molecule has 2 aromatic rings. The summed E-state index contributed by atoms with van der Waals surface area (Å²) in [5.41, 5.74) is 2.90. The molecule has 0 spiro atoms. The highest BCUT2D eigenvalue weighted by molar-refractivity contribution is 9.11. The molecule has 7 heteroatoms. The van der Waals surface area contributed by atoms with Gasteiger partial charge < -0.3 is 0 Å². The summed E-state index contributed by atoms with van der Waals surface area (Å²) in [5, 5.41) is 0.431. The average Bonchev–Trinajstić information content (AvgIpc) is 2.79.